The fourth-order valence-electron chi connectivity index (χ4n) is 2.95. The van der Waals surface area contributed by atoms with E-state index in [1.54, 1.807) is 28.8 Å². The zero-order valence-corrected chi connectivity index (χ0v) is 15.6. The number of thioether (sulfide) groups is 1. The number of hydrogen-bond donors (Lipinski definition) is 0. The number of fused-ring (bicyclic) bond motifs is 1. The lowest BCUT2D eigenvalue weighted by Gasteiger charge is -2.15. The predicted octanol–water partition coefficient (Wildman–Crippen LogP) is 2.54. The van der Waals surface area contributed by atoms with E-state index in [2.05, 4.69) is 4.98 Å². The molecule has 1 aliphatic rings. The molecule has 0 aliphatic carbocycles. The second-order valence-corrected chi connectivity index (χ2v) is 9.07. The summed E-state index contributed by atoms with van der Waals surface area (Å²) in [6.45, 7) is 5.66. The average molecular weight is 364 g/mol. The molecule has 0 unspecified atom stereocenters. The third-order valence-corrected chi connectivity index (χ3v) is 7.21. The van der Waals surface area contributed by atoms with Gasteiger partial charge in [-0.05, 0) is 32.4 Å². The summed E-state index contributed by atoms with van der Waals surface area (Å²) >= 11 is 1.45. The van der Waals surface area contributed by atoms with E-state index >= 15 is 0 Å². The van der Waals surface area contributed by atoms with Crippen LogP contribution in [0.2, 0.25) is 0 Å². The highest BCUT2D eigenvalue weighted by Crippen LogP contribution is 2.32. The molecule has 1 aromatic carbocycles. The van der Waals surface area contributed by atoms with Crippen molar-refractivity contribution in [3.63, 3.8) is 0 Å². The molecule has 2 heterocycles. The largest absolute Gasteiger partial charge is 0.282 e. The lowest BCUT2D eigenvalue weighted by atomic mass is 10.2. The van der Waals surface area contributed by atoms with E-state index in [9.17, 15) is 13.2 Å². The van der Waals surface area contributed by atoms with Gasteiger partial charge in [0.1, 0.15) is 0 Å². The smallest absolute Gasteiger partial charge is 0.257 e. The van der Waals surface area contributed by atoms with Crippen LogP contribution < -0.4 is 5.56 Å². The van der Waals surface area contributed by atoms with Gasteiger partial charge in [0.25, 0.3) is 5.56 Å². The lowest BCUT2D eigenvalue weighted by Crippen LogP contribution is -2.31. The molecule has 3 rings (SSSR count). The molecule has 0 saturated heterocycles. The van der Waals surface area contributed by atoms with Gasteiger partial charge in [-0.2, -0.15) is 0 Å². The molecule has 2 aromatic rings. The van der Waals surface area contributed by atoms with Gasteiger partial charge in [-0.25, -0.2) is 13.4 Å². The molecule has 0 spiro atoms. The van der Waals surface area contributed by atoms with Crippen molar-refractivity contribution in [2.24, 2.45) is 0 Å². The van der Waals surface area contributed by atoms with Gasteiger partial charge in [-0.3, -0.25) is 9.36 Å². The van der Waals surface area contributed by atoms with E-state index in [1.807, 2.05) is 20.8 Å². The van der Waals surface area contributed by atoms with Gasteiger partial charge in [-0.1, -0.05) is 36.4 Å². The molecule has 1 aliphatic heterocycles. The number of aromatic nitrogens is 2. The van der Waals surface area contributed by atoms with Crippen molar-refractivity contribution in [2.45, 2.75) is 43.3 Å². The first kappa shape index (κ1) is 17.2. The molecule has 7 heteroatoms. The summed E-state index contributed by atoms with van der Waals surface area (Å²) in [5, 5.41) is 0.624. The number of hydrogen-bond acceptors (Lipinski definition) is 5. The number of benzene rings is 1. The first-order valence-corrected chi connectivity index (χ1v) is 10.5. The summed E-state index contributed by atoms with van der Waals surface area (Å²) in [7, 11) is -3.45. The van der Waals surface area contributed by atoms with E-state index in [4.69, 9.17) is 0 Å². The lowest BCUT2D eigenvalue weighted by molar-refractivity contribution is 0.520. The van der Waals surface area contributed by atoms with Crippen LogP contribution in [0.4, 0.5) is 0 Å². The molecule has 1 aromatic heterocycles. The Balaban J connectivity index is 1.97. The topological polar surface area (TPSA) is 69.0 Å². The van der Waals surface area contributed by atoms with Crippen molar-refractivity contribution >= 4 is 21.6 Å². The van der Waals surface area contributed by atoms with E-state index in [1.165, 1.54) is 11.8 Å². The highest BCUT2D eigenvalue weighted by Gasteiger charge is 2.31. The molecule has 1 atom stereocenters. The van der Waals surface area contributed by atoms with Crippen LogP contribution in [-0.2, 0) is 16.3 Å². The van der Waals surface area contributed by atoms with Gasteiger partial charge in [-0.15, -0.1) is 0 Å². The third kappa shape index (κ3) is 3.02. The zero-order chi connectivity index (χ0) is 17.5. The summed E-state index contributed by atoms with van der Waals surface area (Å²) in [6.07, 6.45) is 0.597. The van der Waals surface area contributed by atoms with Gasteiger partial charge >= 0.3 is 0 Å². The summed E-state index contributed by atoms with van der Waals surface area (Å²) in [5.41, 5.74) is 2.32. The first-order chi connectivity index (χ1) is 11.3. The fourth-order valence-corrected chi connectivity index (χ4v) is 5.79. The molecule has 0 radical (unpaired) electrons. The normalized spacial score (nSPS) is 17.0. The number of rotatable bonds is 4. The molecule has 0 N–H and O–H groups in total. The summed E-state index contributed by atoms with van der Waals surface area (Å²) < 4.78 is 27.0. The Morgan fingerprint density at radius 3 is 2.54 bits per heavy atom. The van der Waals surface area contributed by atoms with Crippen LogP contribution in [0.1, 0.15) is 29.8 Å². The van der Waals surface area contributed by atoms with E-state index in [0.717, 1.165) is 11.3 Å². The second kappa shape index (κ2) is 6.37. The maximum atomic E-state index is 12.7. The molecule has 0 fully saturated rings. The SMILES string of the molecule is CCc1c(C)nc2n(c1=O)[C@@H](CS(=O)(=O)c1ccc(C)cc1)CS2. The van der Waals surface area contributed by atoms with Crippen molar-refractivity contribution in [3.05, 3.63) is 51.4 Å². The monoisotopic (exact) mass is 364 g/mol. The molecular weight excluding hydrogens is 344 g/mol. The van der Waals surface area contributed by atoms with Gasteiger partial charge < -0.3 is 0 Å². The van der Waals surface area contributed by atoms with Gasteiger partial charge in [0.05, 0.1) is 16.7 Å². The molecular formula is C17H20N2O3S2. The number of nitrogens with zero attached hydrogens (tertiary/aromatic N) is 2. The highest BCUT2D eigenvalue weighted by atomic mass is 32.2. The van der Waals surface area contributed by atoms with Crippen molar-refractivity contribution in [3.8, 4) is 0 Å². The van der Waals surface area contributed by atoms with E-state index in [0.29, 0.717) is 27.8 Å². The average Bonchev–Trinajstić information content (AvgIpc) is 2.90. The molecule has 0 amide bonds. The maximum absolute atomic E-state index is 12.7. The van der Waals surface area contributed by atoms with Gasteiger partial charge in [0, 0.05) is 17.0 Å². The molecule has 0 saturated carbocycles. The minimum atomic E-state index is -3.45. The van der Waals surface area contributed by atoms with Gasteiger partial charge in [0.2, 0.25) is 0 Å². The summed E-state index contributed by atoms with van der Waals surface area (Å²) in [5.74, 6) is 0.476. The van der Waals surface area contributed by atoms with E-state index in [-0.39, 0.29) is 17.4 Å². The quantitative estimate of drug-likeness (QED) is 0.780. The molecule has 128 valence electrons. The summed E-state index contributed by atoms with van der Waals surface area (Å²) in [4.78, 5) is 17.5. The van der Waals surface area contributed by atoms with Crippen LogP contribution in [0.3, 0.4) is 0 Å². The molecule has 24 heavy (non-hydrogen) atoms. The molecule has 5 nitrogen and oxygen atoms in total. The third-order valence-electron chi connectivity index (χ3n) is 4.30. The Morgan fingerprint density at radius 1 is 1.25 bits per heavy atom. The van der Waals surface area contributed by atoms with Crippen LogP contribution in [0.25, 0.3) is 0 Å². The highest BCUT2D eigenvalue weighted by molar-refractivity contribution is 7.99. The molecule has 0 bridgehead atoms. The second-order valence-electron chi connectivity index (χ2n) is 6.05. The van der Waals surface area contributed by atoms with Crippen molar-refractivity contribution in [1.29, 1.82) is 0 Å². The Labute approximate surface area is 146 Å². The summed E-state index contributed by atoms with van der Waals surface area (Å²) in [6, 6.07) is 6.46. The van der Waals surface area contributed by atoms with Crippen LogP contribution in [-0.4, -0.2) is 29.5 Å². The Morgan fingerprint density at radius 2 is 1.92 bits per heavy atom. The Bertz CT molecular complexity index is 932. The van der Waals surface area contributed by atoms with Crippen LogP contribution in [0.5, 0.6) is 0 Å². The van der Waals surface area contributed by atoms with Crippen molar-refractivity contribution in [2.75, 3.05) is 11.5 Å². The van der Waals surface area contributed by atoms with Crippen molar-refractivity contribution in [1.82, 2.24) is 9.55 Å². The Kier molecular flexibility index (Phi) is 4.57. The minimum absolute atomic E-state index is 0.0795. The number of sulfone groups is 1. The van der Waals surface area contributed by atoms with E-state index < -0.39 is 9.84 Å². The number of aryl methyl sites for hydroxylation is 2. The maximum Gasteiger partial charge on any atom is 0.257 e. The van der Waals surface area contributed by atoms with Crippen LogP contribution in [0.15, 0.2) is 39.1 Å². The standard InChI is InChI=1S/C17H20N2O3S2/c1-4-15-12(3)18-17-19(16(15)20)13(9-23-17)10-24(21,22)14-7-5-11(2)6-8-14/h5-8,13H,4,9-10H2,1-3H3/t13-/m1/s1. The fraction of sp³-hybridized carbons (Fsp3) is 0.412. The van der Waals surface area contributed by atoms with Gasteiger partial charge in [0.15, 0.2) is 15.0 Å². The first-order valence-electron chi connectivity index (χ1n) is 7.87. The predicted molar refractivity (Wildman–Crippen MR) is 95.6 cm³/mol. The minimum Gasteiger partial charge on any atom is -0.282 e. The van der Waals surface area contributed by atoms with Crippen molar-refractivity contribution < 1.29 is 8.42 Å². The zero-order valence-electron chi connectivity index (χ0n) is 13.9. The van der Waals surface area contributed by atoms with Crippen LogP contribution in [0, 0.1) is 13.8 Å². The Hall–Kier alpha value is -1.60. The van der Waals surface area contributed by atoms with Crippen LogP contribution >= 0.6 is 11.8 Å².